The van der Waals surface area contributed by atoms with Crippen molar-refractivity contribution < 1.29 is 22.8 Å². The van der Waals surface area contributed by atoms with Gasteiger partial charge in [-0.05, 0) is 32.0 Å². The lowest BCUT2D eigenvalue weighted by Crippen LogP contribution is -2.54. The Labute approximate surface area is 186 Å². The Hall–Kier alpha value is -3.96. The second-order valence-corrected chi connectivity index (χ2v) is 7.77. The number of carbonyl (C=O) groups excluding carboxylic acids is 2. The zero-order valence-corrected chi connectivity index (χ0v) is 18.2. The van der Waals surface area contributed by atoms with Crippen LogP contribution < -0.4 is 16.2 Å². The van der Waals surface area contributed by atoms with Crippen LogP contribution in [0.3, 0.4) is 0 Å². The van der Waals surface area contributed by atoms with E-state index in [4.69, 9.17) is 0 Å². The van der Waals surface area contributed by atoms with Gasteiger partial charge in [-0.2, -0.15) is 28.1 Å². The van der Waals surface area contributed by atoms with E-state index in [0.29, 0.717) is 0 Å². The van der Waals surface area contributed by atoms with Gasteiger partial charge in [0.25, 0.3) is 11.5 Å². The van der Waals surface area contributed by atoms with Crippen molar-refractivity contribution in [3.8, 4) is 16.9 Å². The van der Waals surface area contributed by atoms with Crippen LogP contribution in [-0.4, -0.2) is 44.0 Å². The molecule has 2 aromatic heterocycles. The normalized spacial score (nSPS) is 11.8. The van der Waals surface area contributed by atoms with E-state index < -0.39 is 34.7 Å². The van der Waals surface area contributed by atoms with Crippen molar-refractivity contribution in [2.45, 2.75) is 25.6 Å². The highest BCUT2D eigenvalue weighted by molar-refractivity contribution is 5.99. The highest BCUT2D eigenvalue weighted by atomic mass is 19.4. The summed E-state index contributed by atoms with van der Waals surface area (Å²) < 4.78 is 41.1. The molecule has 0 aliphatic carbocycles. The molecule has 0 fully saturated rings. The molecule has 33 heavy (non-hydrogen) atoms. The van der Waals surface area contributed by atoms with Crippen molar-refractivity contribution in [1.82, 2.24) is 30.2 Å². The summed E-state index contributed by atoms with van der Waals surface area (Å²) in [6.45, 7) is 2.92. The molecule has 174 valence electrons. The van der Waals surface area contributed by atoms with Crippen LogP contribution in [-0.2, 0) is 18.0 Å². The zero-order chi connectivity index (χ0) is 24.6. The maximum Gasteiger partial charge on any atom is 0.416 e. The van der Waals surface area contributed by atoms with Gasteiger partial charge in [0.2, 0.25) is 5.91 Å². The fourth-order valence-corrected chi connectivity index (χ4v) is 3.04. The van der Waals surface area contributed by atoms with E-state index in [-0.39, 0.29) is 22.5 Å². The topological polar surface area (TPSA) is 111 Å². The number of hydrogen-bond donors (Lipinski definition) is 2. The fraction of sp³-hybridized carbons (Fsp3) is 0.286. The lowest BCUT2D eigenvalue weighted by atomic mass is 10.0. The fourth-order valence-electron chi connectivity index (χ4n) is 3.04. The summed E-state index contributed by atoms with van der Waals surface area (Å²) in [4.78, 5) is 38.1. The first-order valence-electron chi connectivity index (χ1n) is 9.69. The van der Waals surface area contributed by atoms with Crippen LogP contribution in [0.5, 0.6) is 0 Å². The van der Waals surface area contributed by atoms with Crippen LogP contribution >= 0.6 is 0 Å². The predicted octanol–water partition coefficient (Wildman–Crippen LogP) is 1.91. The molecule has 9 nitrogen and oxygen atoms in total. The number of amides is 2. The van der Waals surface area contributed by atoms with E-state index in [0.717, 1.165) is 16.8 Å². The number of alkyl halides is 3. The Morgan fingerprint density at radius 2 is 1.73 bits per heavy atom. The largest absolute Gasteiger partial charge is 0.416 e. The van der Waals surface area contributed by atoms with Crippen molar-refractivity contribution in [2.75, 3.05) is 7.05 Å². The number of benzene rings is 1. The molecule has 3 aromatic rings. The van der Waals surface area contributed by atoms with E-state index in [1.54, 1.807) is 7.05 Å². The van der Waals surface area contributed by atoms with Gasteiger partial charge in [0.1, 0.15) is 16.8 Å². The molecule has 1 aromatic carbocycles. The third-order valence-corrected chi connectivity index (χ3v) is 4.82. The monoisotopic (exact) mass is 462 g/mol. The molecule has 0 saturated carbocycles. The first kappa shape index (κ1) is 23.7. The van der Waals surface area contributed by atoms with Gasteiger partial charge in [-0.3, -0.25) is 19.1 Å². The predicted molar refractivity (Wildman–Crippen MR) is 113 cm³/mol. The number of nitrogens with zero attached hydrogens (tertiary/aromatic N) is 4. The summed E-state index contributed by atoms with van der Waals surface area (Å²) in [5.41, 5.74) is -2.75. The van der Waals surface area contributed by atoms with Crippen LogP contribution in [0.25, 0.3) is 16.9 Å². The van der Waals surface area contributed by atoms with Gasteiger partial charge < -0.3 is 10.6 Å². The van der Waals surface area contributed by atoms with Crippen molar-refractivity contribution in [3.63, 3.8) is 0 Å². The highest BCUT2D eigenvalue weighted by Gasteiger charge is 2.31. The average Bonchev–Trinajstić information content (AvgIpc) is 3.18. The molecule has 0 spiro atoms. The third kappa shape index (κ3) is 4.94. The third-order valence-electron chi connectivity index (χ3n) is 4.82. The van der Waals surface area contributed by atoms with Crippen molar-refractivity contribution in [1.29, 1.82) is 0 Å². The molecule has 0 atom stereocenters. The molecule has 0 bridgehead atoms. The Bertz CT molecular complexity index is 1260. The zero-order valence-electron chi connectivity index (χ0n) is 18.2. The number of rotatable bonds is 5. The number of aromatic nitrogens is 4. The van der Waals surface area contributed by atoms with E-state index in [1.807, 2.05) is 0 Å². The number of aryl methyl sites for hydroxylation is 1. The summed E-state index contributed by atoms with van der Waals surface area (Å²) in [6, 6.07) is 5.32. The molecule has 2 amide bonds. The first-order chi connectivity index (χ1) is 15.3. The number of nitrogens with one attached hydrogen (secondary N) is 2. The van der Waals surface area contributed by atoms with Crippen molar-refractivity contribution >= 4 is 11.8 Å². The maximum atomic E-state index is 13.1. The number of hydrogen-bond acceptors (Lipinski definition) is 5. The lowest BCUT2D eigenvalue weighted by molar-refractivity contribution is -0.137. The van der Waals surface area contributed by atoms with Gasteiger partial charge in [-0.15, -0.1) is 0 Å². The minimum Gasteiger partial charge on any atom is -0.357 e. The average molecular weight is 462 g/mol. The molecular weight excluding hydrogens is 441 g/mol. The second kappa shape index (κ2) is 8.52. The summed E-state index contributed by atoms with van der Waals surface area (Å²) in [5, 5.41) is 13.1. The van der Waals surface area contributed by atoms with Crippen LogP contribution in [0, 0.1) is 0 Å². The molecule has 0 saturated heterocycles. The first-order valence-corrected chi connectivity index (χ1v) is 9.69. The van der Waals surface area contributed by atoms with Gasteiger partial charge in [0.05, 0.1) is 23.7 Å². The molecule has 0 aliphatic heterocycles. The van der Waals surface area contributed by atoms with Crippen LogP contribution in [0.15, 0.2) is 47.5 Å². The Morgan fingerprint density at radius 1 is 1.09 bits per heavy atom. The molecule has 0 aliphatic rings. The van der Waals surface area contributed by atoms with E-state index in [9.17, 15) is 27.6 Å². The Kier molecular flexibility index (Phi) is 6.12. The van der Waals surface area contributed by atoms with Crippen LogP contribution in [0.1, 0.15) is 29.8 Å². The summed E-state index contributed by atoms with van der Waals surface area (Å²) >= 11 is 0. The Morgan fingerprint density at radius 3 is 2.24 bits per heavy atom. The molecule has 0 unspecified atom stereocenters. The lowest BCUT2D eigenvalue weighted by Gasteiger charge is -2.24. The van der Waals surface area contributed by atoms with Gasteiger partial charge in [0, 0.05) is 19.7 Å². The maximum absolute atomic E-state index is 13.1. The minimum absolute atomic E-state index is 0.0788. The number of carbonyl (C=O) groups is 2. The quantitative estimate of drug-likeness (QED) is 0.602. The van der Waals surface area contributed by atoms with E-state index in [1.165, 1.54) is 56.2 Å². The summed E-state index contributed by atoms with van der Waals surface area (Å²) in [6.07, 6.45) is -1.68. The highest BCUT2D eigenvalue weighted by Crippen LogP contribution is 2.30. The smallest absolute Gasteiger partial charge is 0.357 e. The number of likely N-dealkylation sites (N-methyl/N-ethyl adjacent to an activating group) is 1. The van der Waals surface area contributed by atoms with Crippen LogP contribution in [0.2, 0.25) is 0 Å². The van der Waals surface area contributed by atoms with Gasteiger partial charge >= 0.3 is 6.18 Å². The SMILES string of the molecule is CNC(=O)C(C)(C)NC(=O)c1cc(-c2ccc(C(F)(F)F)cc2)nn(-c2cnn(C)c2)c1=O. The van der Waals surface area contributed by atoms with E-state index in [2.05, 4.69) is 20.8 Å². The molecular formula is C21H21F3N6O3. The summed E-state index contributed by atoms with van der Waals surface area (Å²) in [5.74, 6) is -1.33. The summed E-state index contributed by atoms with van der Waals surface area (Å²) in [7, 11) is 3.02. The Balaban J connectivity index is 2.14. The van der Waals surface area contributed by atoms with Crippen molar-refractivity contribution in [3.05, 3.63) is 64.2 Å². The van der Waals surface area contributed by atoms with E-state index >= 15 is 0 Å². The molecule has 2 N–H and O–H groups in total. The van der Waals surface area contributed by atoms with Crippen LogP contribution in [0.4, 0.5) is 13.2 Å². The molecule has 2 heterocycles. The van der Waals surface area contributed by atoms with Crippen molar-refractivity contribution in [2.24, 2.45) is 7.05 Å². The molecule has 12 heteroatoms. The molecule has 0 radical (unpaired) electrons. The minimum atomic E-state index is -4.52. The van der Waals surface area contributed by atoms with Gasteiger partial charge in [-0.1, -0.05) is 12.1 Å². The second-order valence-electron chi connectivity index (χ2n) is 7.77. The number of halogens is 3. The van der Waals surface area contributed by atoms with Gasteiger partial charge in [0.15, 0.2) is 0 Å². The standard InChI is InChI=1S/C21H21F3N6O3/c1-20(2,19(33)25-3)27-17(31)15-9-16(12-5-7-13(8-6-12)21(22,23)24)28-30(18(15)32)14-10-26-29(4)11-14/h5-11H,1-4H3,(H,25,33)(H,27,31). The molecule has 3 rings (SSSR count). The van der Waals surface area contributed by atoms with Gasteiger partial charge in [-0.25, -0.2) is 0 Å².